The molecule has 8 heteroatoms. The first kappa shape index (κ1) is 18.4. The Morgan fingerprint density at radius 1 is 1.19 bits per heavy atom. The molecule has 0 aliphatic rings. The maximum absolute atomic E-state index is 6.15. The minimum Gasteiger partial charge on any atom is -0.391 e. The third-order valence-corrected chi connectivity index (χ3v) is 6.05. The van der Waals surface area contributed by atoms with Crippen LogP contribution in [0.5, 0.6) is 0 Å². The zero-order chi connectivity index (χ0) is 18.6. The van der Waals surface area contributed by atoms with Gasteiger partial charge in [0.05, 0.1) is 6.21 Å². The SMILES string of the molecule is Clc1ccc(CO/N=C\c2c(Sc3ccccc3)nc3sccn23)c(Cl)c1. The van der Waals surface area contributed by atoms with Gasteiger partial charge in [0.25, 0.3) is 0 Å². The summed E-state index contributed by atoms with van der Waals surface area (Å²) >= 11 is 15.2. The summed E-state index contributed by atoms with van der Waals surface area (Å²) in [4.78, 5) is 12.2. The Morgan fingerprint density at radius 3 is 2.85 bits per heavy atom. The van der Waals surface area contributed by atoms with Crippen LogP contribution in [0.1, 0.15) is 11.3 Å². The molecule has 0 aliphatic heterocycles. The van der Waals surface area contributed by atoms with E-state index in [9.17, 15) is 0 Å². The second-order valence-corrected chi connectivity index (χ2v) is 8.30. The number of thiazole rings is 1. The summed E-state index contributed by atoms with van der Waals surface area (Å²) in [5.74, 6) is 0. The van der Waals surface area contributed by atoms with Gasteiger partial charge in [-0.05, 0) is 24.3 Å². The van der Waals surface area contributed by atoms with E-state index in [1.165, 1.54) is 0 Å². The summed E-state index contributed by atoms with van der Waals surface area (Å²) in [5.41, 5.74) is 1.70. The lowest BCUT2D eigenvalue weighted by atomic mass is 10.2. The topological polar surface area (TPSA) is 38.9 Å². The molecule has 2 aromatic heterocycles. The maximum Gasteiger partial charge on any atom is 0.195 e. The van der Waals surface area contributed by atoms with Gasteiger partial charge in [0.2, 0.25) is 0 Å². The Bertz CT molecular complexity index is 1090. The molecule has 0 bridgehead atoms. The summed E-state index contributed by atoms with van der Waals surface area (Å²) in [7, 11) is 0. The number of imidazole rings is 1. The summed E-state index contributed by atoms with van der Waals surface area (Å²) in [6, 6.07) is 15.4. The van der Waals surface area contributed by atoms with Crippen LogP contribution in [0.4, 0.5) is 0 Å². The Kier molecular flexibility index (Phi) is 5.69. The monoisotopic (exact) mass is 433 g/mol. The molecule has 0 fully saturated rings. The highest BCUT2D eigenvalue weighted by Gasteiger charge is 2.13. The van der Waals surface area contributed by atoms with Crippen LogP contribution in [-0.2, 0) is 11.4 Å². The van der Waals surface area contributed by atoms with Gasteiger partial charge in [-0.1, -0.05) is 64.4 Å². The molecule has 0 aliphatic carbocycles. The Labute approximate surface area is 174 Å². The lowest BCUT2D eigenvalue weighted by Crippen LogP contribution is -1.93. The molecule has 0 saturated heterocycles. The molecule has 0 amide bonds. The first-order chi connectivity index (χ1) is 13.2. The highest BCUT2D eigenvalue weighted by atomic mass is 35.5. The molecule has 0 atom stereocenters. The Balaban J connectivity index is 1.52. The van der Waals surface area contributed by atoms with E-state index < -0.39 is 0 Å². The lowest BCUT2D eigenvalue weighted by Gasteiger charge is -2.03. The molecule has 0 N–H and O–H groups in total. The minimum atomic E-state index is 0.263. The largest absolute Gasteiger partial charge is 0.391 e. The van der Waals surface area contributed by atoms with Crippen molar-refractivity contribution in [1.82, 2.24) is 9.38 Å². The number of nitrogens with zero attached hydrogens (tertiary/aromatic N) is 3. The standard InChI is InChI=1S/C19H13Cl2N3OS2/c20-14-7-6-13(16(21)10-14)12-25-22-11-17-18(23-19-24(17)8-9-26-19)27-15-4-2-1-3-5-15/h1-11H,12H2/b22-11-. The third-order valence-electron chi connectivity index (χ3n) is 3.71. The summed E-state index contributed by atoms with van der Waals surface area (Å²) in [5, 5.41) is 8.14. The molecule has 2 aromatic carbocycles. The molecule has 4 nitrogen and oxygen atoms in total. The zero-order valence-corrected chi connectivity index (χ0v) is 17.0. The van der Waals surface area contributed by atoms with Crippen molar-refractivity contribution < 1.29 is 4.84 Å². The molecule has 0 unspecified atom stereocenters. The number of oxime groups is 1. The van der Waals surface area contributed by atoms with E-state index in [1.54, 1.807) is 41.4 Å². The average Bonchev–Trinajstić information content (AvgIpc) is 3.23. The summed E-state index contributed by atoms with van der Waals surface area (Å²) < 4.78 is 2.00. The first-order valence-corrected chi connectivity index (χ1v) is 10.4. The van der Waals surface area contributed by atoms with Crippen molar-refractivity contribution in [3.63, 3.8) is 0 Å². The van der Waals surface area contributed by atoms with Crippen molar-refractivity contribution in [2.45, 2.75) is 16.5 Å². The van der Waals surface area contributed by atoms with Gasteiger partial charge >= 0.3 is 0 Å². The minimum absolute atomic E-state index is 0.263. The predicted octanol–water partition coefficient (Wildman–Crippen LogP) is 6.40. The van der Waals surface area contributed by atoms with Gasteiger partial charge in [-0.15, -0.1) is 11.3 Å². The van der Waals surface area contributed by atoms with Crippen molar-refractivity contribution in [1.29, 1.82) is 0 Å². The van der Waals surface area contributed by atoms with Gasteiger partial charge in [0, 0.05) is 32.1 Å². The molecule has 0 spiro atoms. The fraction of sp³-hybridized carbons (Fsp3) is 0.0526. The molecule has 4 aromatic rings. The van der Waals surface area contributed by atoms with Crippen LogP contribution >= 0.6 is 46.3 Å². The fourth-order valence-electron chi connectivity index (χ4n) is 2.41. The van der Waals surface area contributed by atoms with Gasteiger partial charge in [0.1, 0.15) is 17.3 Å². The molecule has 4 rings (SSSR count). The number of rotatable bonds is 6. The van der Waals surface area contributed by atoms with Gasteiger partial charge in [0.15, 0.2) is 4.96 Å². The third kappa shape index (κ3) is 4.30. The van der Waals surface area contributed by atoms with Crippen LogP contribution in [-0.4, -0.2) is 15.6 Å². The lowest BCUT2D eigenvalue weighted by molar-refractivity contribution is 0.132. The highest BCUT2D eigenvalue weighted by Crippen LogP contribution is 2.31. The van der Waals surface area contributed by atoms with Crippen molar-refractivity contribution in [2.24, 2.45) is 5.16 Å². The second-order valence-electron chi connectivity index (χ2n) is 5.52. The molecule has 27 heavy (non-hydrogen) atoms. The number of aromatic nitrogens is 2. The van der Waals surface area contributed by atoms with Crippen molar-refractivity contribution >= 4 is 57.5 Å². The number of hydrogen-bond donors (Lipinski definition) is 0. The van der Waals surface area contributed by atoms with Crippen molar-refractivity contribution in [3.8, 4) is 0 Å². The summed E-state index contributed by atoms with van der Waals surface area (Å²) in [6.07, 6.45) is 3.65. The number of hydrogen-bond acceptors (Lipinski definition) is 5. The molecule has 136 valence electrons. The number of benzene rings is 2. The van der Waals surface area contributed by atoms with Crippen LogP contribution < -0.4 is 0 Å². The van der Waals surface area contributed by atoms with E-state index in [2.05, 4.69) is 17.3 Å². The zero-order valence-electron chi connectivity index (χ0n) is 13.9. The second kappa shape index (κ2) is 8.35. The summed E-state index contributed by atoms with van der Waals surface area (Å²) in [6.45, 7) is 0.263. The average molecular weight is 434 g/mol. The fourth-order valence-corrected chi connectivity index (χ4v) is 4.55. The van der Waals surface area contributed by atoms with E-state index in [-0.39, 0.29) is 6.61 Å². The Morgan fingerprint density at radius 2 is 2.04 bits per heavy atom. The van der Waals surface area contributed by atoms with E-state index in [1.807, 2.05) is 40.2 Å². The molecular weight excluding hydrogens is 421 g/mol. The van der Waals surface area contributed by atoms with Crippen LogP contribution in [0.25, 0.3) is 4.96 Å². The number of fused-ring (bicyclic) bond motifs is 1. The molecule has 0 radical (unpaired) electrons. The van der Waals surface area contributed by atoms with Crippen LogP contribution in [0.3, 0.4) is 0 Å². The van der Waals surface area contributed by atoms with Crippen molar-refractivity contribution in [2.75, 3.05) is 0 Å². The van der Waals surface area contributed by atoms with E-state index in [0.29, 0.717) is 10.0 Å². The van der Waals surface area contributed by atoms with Crippen LogP contribution in [0.2, 0.25) is 10.0 Å². The normalized spacial score (nSPS) is 11.5. The quantitative estimate of drug-likeness (QED) is 0.260. The highest BCUT2D eigenvalue weighted by molar-refractivity contribution is 7.99. The van der Waals surface area contributed by atoms with Crippen LogP contribution in [0.15, 0.2) is 75.2 Å². The van der Waals surface area contributed by atoms with E-state index in [4.69, 9.17) is 33.0 Å². The molecular formula is C19H13Cl2N3OS2. The maximum atomic E-state index is 6.15. The molecule has 2 heterocycles. The predicted molar refractivity (Wildman–Crippen MR) is 112 cm³/mol. The smallest absolute Gasteiger partial charge is 0.195 e. The van der Waals surface area contributed by atoms with Gasteiger partial charge < -0.3 is 4.84 Å². The van der Waals surface area contributed by atoms with Gasteiger partial charge in [-0.2, -0.15) is 0 Å². The first-order valence-electron chi connectivity index (χ1n) is 7.98. The van der Waals surface area contributed by atoms with Gasteiger partial charge in [-0.25, -0.2) is 4.98 Å². The van der Waals surface area contributed by atoms with Crippen LogP contribution in [0, 0.1) is 0 Å². The Hall–Kier alpha value is -1.99. The number of halogens is 2. The molecule has 0 saturated carbocycles. The van der Waals surface area contributed by atoms with Gasteiger partial charge in [-0.3, -0.25) is 4.40 Å². The van der Waals surface area contributed by atoms with E-state index in [0.717, 1.165) is 26.1 Å². The van der Waals surface area contributed by atoms with E-state index >= 15 is 0 Å². The van der Waals surface area contributed by atoms with Crippen molar-refractivity contribution in [3.05, 3.63) is 81.4 Å².